The Labute approximate surface area is 185 Å². The molecule has 5 nitrogen and oxygen atoms in total. The van der Waals surface area contributed by atoms with E-state index in [2.05, 4.69) is 16.0 Å². The number of nitrogens with zero attached hydrogens (tertiary/aromatic N) is 3. The molecule has 166 valence electrons. The fourth-order valence-electron chi connectivity index (χ4n) is 5.00. The molecular weight excluding hydrogens is 412 g/mol. The third kappa shape index (κ3) is 3.60. The number of carbonyl (C=O) groups excluding carboxylic acids is 1. The van der Waals surface area contributed by atoms with Crippen molar-refractivity contribution >= 4 is 22.4 Å². The molecule has 0 aliphatic carbocycles. The fourth-order valence-corrected chi connectivity index (χ4v) is 5.00. The first kappa shape index (κ1) is 20.8. The first-order valence-electron chi connectivity index (χ1n) is 11.0. The Morgan fingerprint density at radius 2 is 1.72 bits per heavy atom. The number of piperazine rings is 1. The SMILES string of the molecule is O=C(N1CCN(c2cncc3ccccc23)CC1)C1(c2ccc(F)cc2F)CCOCC1. The monoisotopic (exact) mass is 437 g/mol. The van der Waals surface area contributed by atoms with Gasteiger partial charge in [0.1, 0.15) is 11.6 Å². The summed E-state index contributed by atoms with van der Waals surface area (Å²) in [4.78, 5) is 22.2. The Hall–Kier alpha value is -3.06. The summed E-state index contributed by atoms with van der Waals surface area (Å²) in [6.45, 7) is 3.16. The van der Waals surface area contributed by atoms with Crippen LogP contribution in [0.3, 0.4) is 0 Å². The Morgan fingerprint density at radius 3 is 2.47 bits per heavy atom. The second-order valence-electron chi connectivity index (χ2n) is 8.48. The molecule has 7 heteroatoms. The maximum absolute atomic E-state index is 14.8. The van der Waals surface area contributed by atoms with Crippen molar-refractivity contribution in [3.05, 3.63) is 72.1 Å². The van der Waals surface area contributed by atoms with Crippen LogP contribution in [0.2, 0.25) is 0 Å². The molecule has 2 saturated heterocycles. The predicted octanol–water partition coefficient (Wildman–Crippen LogP) is 3.91. The van der Waals surface area contributed by atoms with Gasteiger partial charge in [-0.2, -0.15) is 0 Å². The van der Waals surface area contributed by atoms with Gasteiger partial charge in [0.2, 0.25) is 5.91 Å². The summed E-state index contributed by atoms with van der Waals surface area (Å²) < 4.78 is 33.8. The van der Waals surface area contributed by atoms with Gasteiger partial charge in [0.05, 0.1) is 17.3 Å². The highest BCUT2D eigenvalue weighted by Crippen LogP contribution is 2.39. The zero-order chi connectivity index (χ0) is 22.1. The van der Waals surface area contributed by atoms with E-state index in [1.807, 2.05) is 35.5 Å². The molecule has 0 N–H and O–H groups in total. The predicted molar refractivity (Wildman–Crippen MR) is 119 cm³/mol. The summed E-state index contributed by atoms with van der Waals surface area (Å²) in [7, 11) is 0. The zero-order valence-corrected chi connectivity index (χ0v) is 17.8. The molecule has 0 radical (unpaired) electrons. The van der Waals surface area contributed by atoms with E-state index in [9.17, 15) is 13.6 Å². The van der Waals surface area contributed by atoms with Crippen molar-refractivity contribution in [3.8, 4) is 0 Å². The lowest BCUT2D eigenvalue weighted by atomic mass is 9.72. The van der Waals surface area contributed by atoms with Crippen molar-refractivity contribution in [1.82, 2.24) is 9.88 Å². The van der Waals surface area contributed by atoms with E-state index in [4.69, 9.17) is 4.74 Å². The van der Waals surface area contributed by atoms with Gasteiger partial charge >= 0.3 is 0 Å². The van der Waals surface area contributed by atoms with Crippen molar-refractivity contribution in [3.63, 3.8) is 0 Å². The molecule has 0 atom stereocenters. The lowest BCUT2D eigenvalue weighted by Crippen LogP contribution is -2.56. The molecule has 2 aliphatic rings. The van der Waals surface area contributed by atoms with Crippen molar-refractivity contribution in [2.24, 2.45) is 0 Å². The van der Waals surface area contributed by atoms with Gasteiger partial charge in [0.25, 0.3) is 0 Å². The molecule has 5 rings (SSSR count). The third-order valence-electron chi connectivity index (χ3n) is 6.76. The summed E-state index contributed by atoms with van der Waals surface area (Å²) in [6.07, 6.45) is 4.50. The average molecular weight is 437 g/mol. The standard InChI is InChI=1S/C25H25F2N3O2/c26-19-5-6-21(22(27)15-19)25(7-13-32-14-8-25)24(31)30-11-9-29(10-12-30)23-17-28-16-18-3-1-2-4-20(18)23/h1-6,15-17H,7-14H2. The molecule has 0 bridgehead atoms. The zero-order valence-electron chi connectivity index (χ0n) is 17.8. The Kier molecular flexibility index (Phi) is 5.51. The number of rotatable bonds is 3. The molecule has 32 heavy (non-hydrogen) atoms. The third-order valence-corrected chi connectivity index (χ3v) is 6.76. The molecule has 1 aromatic heterocycles. The molecule has 2 fully saturated rings. The van der Waals surface area contributed by atoms with Crippen LogP contribution in [0.5, 0.6) is 0 Å². The lowest BCUT2D eigenvalue weighted by molar-refractivity contribution is -0.141. The largest absolute Gasteiger partial charge is 0.381 e. The molecular formula is C25H25F2N3O2. The topological polar surface area (TPSA) is 45.7 Å². The van der Waals surface area contributed by atoms with Crippen LogP contribution in [0.4, 0.5) is 14.5 Å². The van der Waals surface area contributed by atoms with Crippen LogP contribution in [-0.4, -0.2) is 55.2 Å². The molecule has 1 amide bonds. The number of anilines is 1. The van der Waals surface area contributed by atoms with Gasteiger partial charge in [-0.1, -0.05) is 30.3 Å². The highest BCUT2D eigenvalue weighted by molar-refractivity contribution is 5.93. The lowest BCUT2D eigenvalue weighted by Gasteiger charge is -2.43. The van der Waals surface area contributed by atoms with E-state index in [-0.39, 0.29) is 11.5 Å². The molecule has 0 unspecified atom stereocenters. The highest BCUT2D eigenvalue weighted by atomic mass is 19.1. The Balaban J connectivity index is 1.38. The number of aromatic nitrogens is 1. The molecule has 3 aromatic rings. The van der Waals surface area contributed by atoms with Crippen LogP contribution in [0.1, 0.15) is 18.4 Å². The summed E-state index contributed by atoms with van der Waals surface area (Å²) in [5.41, 5.74) is 0.313. The molecule has 0 saturated carbocycles. The number of ether oxygens (including phenoxy) is 1. The van der Waals surface area contributed by atoms with Crippen molar-refractivity contribution < 1.29 is 18.3 Å². The second kappa shape index (κ2) is 8.47. The minimum Gasteiger partial charge on any atom is -0.381 e. The van der Waals surface area contributed by atoms with E-state index < -0.39 is 17.0 Å². The summed E-state index contributed by atoms with van der Waals surface area (Å²) in [5, 5.41) is 2.22. The van der Waals surface area contributed by atoms with E-state index in [1.54, 1.807) is 0 Å². The number of benzene rings is 2. The van der Waals surface area contributed by atoms with E-state index in [0.717, 1.165) is 22.5 Å². The van der Waals surface area contributed by atoms with E-state index >= 15 is 0 Å². The van der Waals surface area contributed by atoms with Crippen LogP contribution in [0.25, 0.3) is 10.8 Å². The van der Waals surface area contributed by atoms with Gasteiger partial charge < -0.3 is 14.5 Å². The smallest absolute Gasteiger partial charge is 0.233 e. The quantitative estimate of drug-likeness (QED) is 0.623. The van der Waals surface area contributed by atoms with Crippen LogP contribution < -0.4 is 4.90 Å². The van der Waals surface area contributed by atoms with Crippen molar-refractivity contribution in [1.29, 1.82) is 0 Å². The van der Waals surface area contributed by atoms with Crippen LogP contribution in [0.15, 0.2) is 54.9 Å². The van der Waals surface area contributed by atoms with E-state index in [1.165, 1.54) is 12.1 Å². The molecule has 0 spiro atoms. The minimum atomic E-state index is -1.01. The number of pyridine rings is 1. The normalized spacial score (nSPS) is 18.7. The first-order chi connectivity index (χ1) is 15.6. The number of halogens is 2. The highest BCUT2D eigenvalue weighted by Gasteiger charge is 2.46. The number of amides is 1. The number of carbonyl (C=O) groups is 1. The summed E-state index contributed by atoms with van der Waals surface area (Å²) in [5.74, 6) is -1.40. The van der Waals surface area contributed by atoms with Crippen LogP contribution in [-0.2, 0) is 14.9 Å². The molecule has 2 aliphatic heterocycles. The van der Waals surface area contributed by atoms with Gasteiger partial charge in [-0.3, -0.25) is 9.78 Å². The first-order valence-corrected chi connectivity index (χ1v) is 11.0. The minimum absolute atomic E-state index is 0.0954. The maximum atomic E-state index is 14.8. The van der Waals surface area contributed by atoms with E-state index in [0.29, 0.717) is 52.2 Å². The summed E-state index contributed by atoms with van der Waals surface area (Å²) >= 11 is 0. The van der Waals surface area contributed by atoms with Gasteiger partial charge in [-0.05, 0) is 18.9 Å². The van der Waals surface area contributed by atoms with Crippen molar-refractivity contribution in [2.45, 2.75) is 18.3 Å². The molecule has 3 heterocycles. The van der Waals surface area contributed by atoms with Gasteiger partial charge in [-0.15, -0.1) is 0 Å². The maximum Gasteiger partial charge on any atom is 0.233 e. The van der Waals surface area contributed by atoms with Gasteiger partial charge in [0.15, 0.2) is 0 Å². The Morgan fingerprint density at radius 1 is 0.969 bits per heavy atom. The Bertz CT molecular complexity index is 1130. The molecule has 2 aromatic carbocycles. The number of fused-ring (bicyclic) bond motifs is 1. The second-order valence-corrected chi connectivity index (χ2v) is 8.48. The fraction of sp³-hybridized carbons (Fsp3) is 0.360. The number of hydrogen-bond acceptors (Lipinski definition) is 4. The van der Waals surface area contributed by atoms with Crippen molar-refractivity contribution in [2.75, 3.05) is 44.3 Å². The van der Waals surface area contributed by atoms with Crippen LogP contribution in [0, 0.1) is 11.6 Å². The van der Waals surface area contributed by atoms with Gasteiger partial charge in [-0.25, -0.2) is 8.78 Å². The average Bonchev–Trinajstić information content (AvgIpc) is 2.84. The van der Waals surface area contributed by atoms with Gasteiger partial charge in [0, 0.05) is 68.0 Å². The van der Waals surface area contributed by atoms with Crippen LogP contribution >= 0.6 is 0 Å². The number of hydrogen-bond donors (Lipinski definition) is 0. The summed E-state index contributed by atoms with van der Waals surface area (Å²) in [6, 6.07) is 11.6.